The number of amides is 4. The van der Waals surface area contributed by atoms with E-state index < -0.39 is 41.7 Å². The zero-order chi connectivity index (χ0) is 48.4. The summed E-state index contributed by atoms with van der Waals surface area (Å²) in [6.07, 6.45) is 4.30. The number of aromatic nitrogens is 3. The van der Waals surface area contributed by atoms with E-state index in [-0.39, 0.29) is 97.2 Å². The summed E-state index contributed by atoms with van der Waals surface area (Å²) in [5.41, 5.74) is 1.69. The fourth-order valence-electron chi connectivity index (χ4n) is 9.89. The van der Waals surface area contributed by atoms with Crippen LogP contribution in [0.1, 0.15) is 92.2 Å². The lowest BCUT2D eigenvalue weighted by Gasteiger charge is -2.47. The number of hydrogen-bond donors (Lipinski definition) is 4. The fourth-order valence-corrected chi connectivity index (χ4v) is 10.0. The second-order valence-electron chi connectivity index (χ2n) is 18.0. The van der Waals surface area contributed by atoms with E-state index in [1.54, 1.807) is 22.9 Å². The van der Waals surface area contributed by atoms with Crippen molar-refractivity contribution in [3.63, 3.8) is 0 Å². The van der Waals surface area contributed by atoms with E-state index in [1.807, 2.05) is 32.0 Å². The van der Waals surface area contributed by atoms with Crippen molar-refractivity contribution in [3.05, 3.63) is 80.5 Å². The highest BCUT2D eigenvalue weighted by Crippen LogP contribution is 2.40. The molecule has 4 fully saturated rings. The Morgan fingerprint density at radius 3 is 2.49 bits per heavy atom. The smallest absolute Gasteiger partial charge is 0.293 e. The van der Waals surface area contributed by atoms with Crippen LogP contribution in [0.4, 0.5) is 26.2 Å². The molecule has 4 aromatic rings. The van der Waals surface area contributed by atoms with Crippen LogP contribution in [-0.2, 0) is 30.5 Å². The lowest BCUT2D eigenvalue weighted by Crippen LogP contribution is -2.54. The van der Waals surface area contributed by atoms with Gasteiger partial charge in [-0.3, -0.25) is 39.0 Å². The molecular formula is C47H54ClF2N9O9. The van der Waals surface area contributed by atoms with E-state index in [2.05, 4.69) is 30.7 Å². The number of rotatable bonds is 12. The molecular weight excluding hydrogens is 908 g/mol. The van der Waals surface area contributed by atoms with Crippen LogP contribution < -0.4 is 31.1 Å². The van der Waals surface area contributed by atoms with Crippen molar-refractivity contribution in [2.75, 3.05) is 50.1 Å². The number of nitrogens with zero attached hydrogens (tertiary/aromatic N) is 6. The predicted octanol–water partition coefficient (Wildman–Crippen LogP) is 4.84. The van der Waals surface area contributed by atoms with Gasteiger partial charge in [0.05, 0.1) is 30.5 Å². The number of carbonyl (C=O) groups excluding carboxylic acids is 4. The molecule has 0 radical (unpaired) electrons. The van der Waals surface area contributed by atoms with E-state index in [1.165, 1.54) is 18.0 Å². The van der Waals surface area contributed by atoms with Crippen molar-refractivity contribution in [2.24, 2.45) is 0 Å². The first-order valence-corrected chi connectivity index (χ1v) is 23.2. The van der Waals surface area contributed by atoms with Crippen LogP contribution in [0.2, 0.25) is 5.02 Å². The molecule has 3 unspecified atom stereocenters. The number of likely N-dealkylation sites (N-methyl/N-ethyl adjacent to an activating group) is 1. The Hall–Kier alpha value is -6.25. The molecule has 1 saturated carbocycles. The maximum Gasteiger partial charge on any atom is 0.293 e. The molecule has 4 amide bonds. The van der Waals surface area contributed by atoms with Gasteiger partial charge in [-0.1, -0.05) is 17.7 Å². The van der Waals surface area contributed by atoms with Gasteiger partial charge < -0.3 is 39.6 Å². The number of hydrogen-bond acceptors (Lipinski definition) is 13. The van der Waals surface area contributed by atoms with Gasteiger partial charge in [0.15, 0.2) is 18.2 Å². The first-order valence-electron chi connectivity index (χ1n) is 22.8. The highest BCUT2D eigenvalue weighted by molar-refractivity contribution is 6.33. The lowest BCUT2D eigenvalue weighted by molar-refractivity contribution is -0.137. The van der Waals surface area contributed by atoms with Crippen molar-refractivity contribution >= 4 is 70.1 Å². The molecule has 6 heterocycles. The summed E-state index contributed by atoms with van der Waals surface area (Å²) in [7, 11) is 1.50. The van der Waals surface area contributed by atoms with Gasteiger partial charge >= 0.3 is 0 Å². The van der Waals surface area contributed by atoms with Crippen LogP contribution in [0.15, 0.2) is 47.4 Å². The maximum absolute atomic E-state index is 16.0. The number of alkyl halides is 1. The largest absolute Gasteiger partial charge is 0.483 e. The van der Waals surface area contributed by atoms with Gasteiger partial charge in [-0.25, -0.2) is 13.8 Å². The van der Waals surface area contributed by atoms with Gasteiger partial charge in [0.1, 0.15) is 23.1 Å². The van der Waals surface area contributed by atoms with Gasteiger partial charge in [-0.2, -0.15) is 4.98 Å². The first kappa shape index (κ1) is 48.2. The van der Waals surface area contributed by atoms with E-state index >= 15 is 8.78 Å². The lowest BCUT2D eigenvalue weighted by atomic mass is 9.82. The minimum absolute atomic E-state index is 0.0633. The molecule has 362 valence electrons. The molecule has 1 aliphatic carbocycles. The number of fused-ring (bicyclic) bond motifs is 2. The van der Waals surface area contributed by atoms with Crippen LogP contribution >= 0.6 is 11.6 Å². The van der Waals surface area contributed by atoms with Gasteiger partial charge in [-0.15, -0.1) is 0 Å². The topological polar surface area (TPSA) is 218 Å². The average Bonchev–Trinajstić information content (AvgIpc) is 3.64. The summed E-state index contributed by atoms with van der Waals surface area (Å²) >= 11 is 6.58. The third-order valence-corrected chi connectivity index (χ3v) is 13.8. The number of pyridine rings is 1. The minimum Gasteiger partial charge on any atom is -0.483 e. The van der Waals surface area contributed by atoms with Crippen LogP contribution in [0.5, 0.6) is 5.75 Å². The molecule has 2 aromatic carbocycles. The van der Waals surface area contributed by atoms with Crippen LogP contribution in [0, 0.1) is 5.82 Å². The van der Waals surface area contributed by atoms with Crippen LogP contribution in [-0.4, -0.2) is 130 Å². The number of carboxylic acid groups (broad SMARTS) is 1. The Labute approximate surface area is 395 Å². The molecule has 4 N–H and O–H groups in total. The molecule has 2 aromatic heterocycles. The van der Waals surface area contributed by atoms with E-state index in [0.717, 1.165) is 31.1 Å². The second-order valence-corrected chi connectivity index (χ2v) is 18.4. The number of likely N-dealkylation sites (tertiary alicyclic amines) is 1. The molecule has 18 nitrogen and oxygen atoms in total. The Kier molecular flexibility index (Phi) is 14.6. The van der Waals surface area contributed by atoms with Gasteiger partial charge in [-0.05, 0) is 94.8 Å². The summed E-state index contributed by atoms with van der Waals surface area (Å²) in [5, 5.41) is 16.0. The van der Waals surface area contributed by atoms with Gasteiger partial charge in [0.2, 0.25) is 17.8 Å². The quantitative estimate of drug-likeness (QED) is 0.110. The number of anilines is 3. The number of nitrogens with one attached hydrogen (secondary N) is 3. The van der Waals surface area contributed by atoms with Crippen molar-refractivity contribution in [1.82, 2.24) is 35.0 Å². The van der Waals surface area contributed by atoms with Crippen LogP contribution in [0.3, 0.4) is 0 Å². The monoisotopic (exact) mass is 961 g/mol. The zero-order valence-corrected chi connectivity index (χ0v) is 38.6. The Bertz CT molecular complexity index is 2660. The third-order valence-electron chi connectivity index (χ3n) is 13.5. The number of benzene rings is 2. The summed E-state index contributed by atoms with van der Waals surface area (Å²) in [5.74, 6) is -1.96. The maximum atomic E-state index is 16.0. The number of halogens is 3. The number of imide groups is 1. The molecule has 68 heavy (non-hydrogen) atoms. The molecule has 3 atom stereocenters. The summed E-state index contributed by atoms with van der Waals surface area (Å²) in [6, 6.07) is 9.43. The zero-order valence-electron chi connectivity index (χ0n) is 37.9. The SMILES string of the molecule is CNC(=O)COc1cc2cc(Nc3nc(N4CCC(OC5CC(N6CCC(c7ccc8c(c7F)CN(C7CCC(=O)NC7=O)C8=O)C(F)C6)C5)CC4)ncc3Cl)ccc2n(C(C)C)c1=O.O=CO. The number of piperidine rings is 3. The molecule has 0 bridgehead atoms. The molecule has 9 rings (SSSR count). The second kappa shape index (κ2) is 20.5. The molecule has 3 saturated heterocycles. The van der Waals surface area contributed by atoms with Gasteiger partial charge in [0, 0.05) is 73.3 Å². The number of carbonyl (C=O) groups is 5. The Morgan fingerprint density at radius 2 is 1.79 bits per heavy atom. The normalized spacial score (nSPS) is 23.1. The highest BCUT2D eigenvalue weighted by atomic mass is 35.5. The van der Waals surface area contributed by atoms with Crippen molar-refractivity contribution in [3.8, 4) is 5.75 Å². The highest BCUT2D eigenvalue weighted by Gasteiger charge is 2.44. The number of ether oxygens (including phenoxy) is 2. The van der Waals surface area contributed by atoms with Crippen LogP contribution in [0.25, 0.3) is 10.9 Å². The van der Waals surface area contributed by atoms with E-state index in [0.29, 0.717) is 54.0 Å². The van der Waals surface area contributed by atoms with Crippen molar-refractivity contribution in [1.29, 1.82) is 0 Å². The molecule has 5 aliphatic rings. The van der Waals surface area contributed by atoms with E-state index in [4.69, 9.17) is 36.0 Å². The molecule has 0 spiro atoms. The van der Waals surface area contributed by atoms with Gasteiger partial charge in [0.25, 0.3) is 23.8 Å². The average molecular weight is 962 g/mol. The van der Waals surface area contributed by atoms with E-state index in [9.17, 15) is 24.0 Å². The van der Waals surface area contributed by atoms with Crippen molar-refractivity contribution in [2.45, 2.75) is 108 Å². The standard InChI is InChI=1S/C46H52ClF2N9O7.CH2O2/c1-24(2)58-36-7-4-26(16-25(36)17-38(45(58)63)64-23-40(60)50-3)52-42-34(47)20-51-46(54-42)55-13-10-28(11-14-55)65-29-18-27(19-29)56-15-12-30(35(48)22-56)31-5-6-32-33(41(31)49)21-57(44(32)62)37-8-9-39(59)53-43(37)61;2-1-3/h4-7,16-17,20,24,27-30,35,37H,8-15,18-19,21-23H2,1-3H3,(H,50,60)(H,51,52,54)(H,53,59,61);1H,(H,2,3). The Balaban J connectivity index is 0.00000203. The summed E-state index contributed by atoms with van der Waals surface area (Å²) < 4.78 is 45.7. The summed E-state index contributed by atoms with van der Waals surface area (Å²) in [6.45, 7) is 5.36. The summed E-state index contributed by atoms with van der Waals surface area (Å²) in [4.78, 5) is 85.5. The minimum atomic E-state index is -1.29. The molecule has 4 aliphatic heterocycles. The molecule has 21 heteroatoms. The third kappa shape index (κ3) is 9.98. The van der Waals surface area contributed by atoms with Crippen molar-refractivity contribution < 1.29 is 47.3 Å². The fraction of sp³-hybridized carbons (Fsp3) is 0.489. The predicted molar refractivity (Wildman–Crippen MR) is 247 cm³/mol. The first-order chi connectivity index (χ1) is 32.7. The Morgan fingerprint density at radius 1 is 1.04 bits per heavy atom.